The first kappa shape index (κ1) is 26.0. The molecule has 0 heterocycles. The van der Waals surface area contributed by atoms with Gasteiger partial charge in [-0.1, -0.05) is 31.5 Å². The number of amides is 1. The number of rotatable bonds is 10. The van der Waals surface area contributed by atoms with Crippen molar-refractivity contribution in [3.63, 3.8) is 0 Å². The Kier molecular flexibility index (Phi) is 9.12. The number of carbonyl (C=O) groups excluding carboxylic acids is 2. The van der Waals surface area contributed by atoms with Crippen LogP contribution in [0.4, 0.5) is 0 Å². The monoisotopic (exact) mass is 475 g/mol. The molecule has 1 amide bonds. The van der Waals surface area contributed by atoms with Crippen molar-refractivity contribution in [3.8, 4) is 11.5 Å². The van der Waals surface area contributed by atoms with Gasteiger partial charge in [-0.25, -0.2) is 13.8 Å². The van der Waals surface area contributed by atoms with Crippen molar-refractivity contribution in [3.05, 3.63) is 53.6 Å². The van der Waals surface area contributed by atoms with E-state index < -0.39 is 27.9 Å². The Morgan fingerprint density at radius 3 is 2.33 bits per heavy atom. The minimum atomic E-state index is -3.89. The van der Waals surface area contributed by atoms with Crippen molar-refractivity contribution in [1.82, 2.24) is 10.1 Å². The fourth-order valence-electron chi connectivity index (χ4n) is 2.90. The predicted molar refractivity (Wildman–Crippen MR) is 125 cm³/mol. The van der Waals surface area contributed by atoms with E-state index in [0.717, 1.165) is 5.56 Å². The lowest BCUT2D eigenvalue weighted by Gasteiger charge is -2.19. The van der Waals surface area contributed by atoms with Crippen molar-refractivity contribution in [2.24, 2.45) is 11.0 Å². The van der Waals surface area contributed by atoms with Gasteiger partial charge in [0.15, 0.2) is 11.5 Å². The van der Waals surface area contributed by atoms with Crippen LogP contribution < -0.4 is 19.6 Å². The summed E-state index contributed by atoms with van der Waals surface area (Å²) in [6, 6.07) is 10.1. The van der Waals surface area contributed by atoms with Crippen LogP contribution in [-0.2, 0) is 19.6 Å². The average Bonchev–Trinajstić information content (AvgIpc) is 2.73. The molecule has 0 fully saturated rings. The first-order valence-corrected chi connectivity index (χ1v) is 11.8. The largest absolute Gasteiger partial charge is 0.493 e. The number of ether oxygens (including phenoxy) is 2. The topological polar surface area (TPSA) is 123 Å². The molecule has 2 rings (SSSR count). The molecule has 33 heavy (non-hydrogen) atoms. The van der Waals surface area contributed by atoms with Gasteiger partial charge in [-0.15, -0.1) is 0 Å². The van der Waals surface area contributed by atoms with Gasteiger partial charge in [0.2, 0.25) is 10.0 Å². The third-order valence-electron chi connectivity index (χ3n) is 4.48. The second kappa shape index (κ2) is 11.6. The molecule has 0 saturated carbocycles. The average molecular weight is 476 g/mol. The maximum absolute atomic E-state index is 12.7. The number of esters is 1. The highest BCUT2D eigenvalue weighted by molar-refractivity contribution is 7.89. The van der Waals surface area contributed by atoms with Gasteiger partial charge in [-0.2, -0.15) is 9.82 Å². The first-order chi connectivity index (χ1) is 15.5. The maximum atomic E-state index is 12.7. The van der Waals surface area contributed by atoms with Crippen molar-refractivity contribution in [2.45, 2.75) is 45.1 Å². The van der Waals surface area contributed by atoms with Crippen LogP contribution in [0.1, 0.15) is 38.3 Å². The van der Waals surface area contributed by atoms with Gasteiger partial charge < -0.3 is 9.47 Å². The molecule has 0 bridgehead atoms. The summed E-state index contributed by atoms with van der Waals surface area (Å²) >= 11 is 0. The van der Waals surface area contributed by atoms with E-state index in [1.165, 1.54) is 32.4 Å². The molecule has 2 aromatic rings. The number of nitrogens with zero attached hydrogens (tertiary/aromatic N) is 1. The predicted octanol–water partition coefficient (Wildman–Crippen LogP) is 2.77. The van der Waals surface area contributed by atoms with Gasteiger partial charge in [-0.3, -0.25) is 9.59 Å². The van der Waals surface area contributed by atoms with Crippen LogP contribution in [0.2, 0.25) is 0 Å². The number of hydrogen-bond donors (Lipinski definition) is 2. The maximum Gasteiger partial charge on any atom is 0.308 e. The van der Waals surface area contributed by atoms with Gasteiger partial charge in [0, 0.05) is 6.92 Å². The number of sulfonamides is 1. The zero-order valence-electron chi connectivity index (χ0n) is 19.3. The van der Waals surface area contributed by atoms with Crippen LogP contribution in [0.5, 0.6) is 11.5 Å². The first-order valence-electron chi connectivity index (χ1n) is 10.3. The second-order valence-electron chi connectivity index (χ2n) is 7.85. The van der Waals surface area contributed by atoms with Gasteiger partial charge in [0.05, 0.1) is 18.2 Å². The Balaban J connectivity index is 2.13. The van der Waals surface area contributed by atoms with E-state index in [1.807, 2.05) is 20.8 Å². The SMILES string of the molecule is COc1cc(/C=N\NC(=O)[C@H](CC(C)C)NS(=O)(=O)c2ccc(C)cc2)ccc1OC(C)=O. The molecule has 0 saturated heterocycles. The van der Waals surface area contributed by atoms with Crippen LogP contribution in [0.25, 0.3) is 0 Å². The van der Waals surface area contributed by atoms with E-state index >= 15 is 0 Å². The number of nitrogens with one attached hydrogen (secondary N) is 2. The molecule has 0 unspecified atom stereocenters. The summed E-state index contributed by atoms with van der Waals surface area (Å²) in [5.41, 5.74) is 3.88. The summed E-state index contributed by atoms with van der Waals surface area (Å²) in [7, 11) is -2.46. The molecule has 0 aliphatic carbocycles. The number of hydrogen-bond acceptors (Lipinski definition) is 7. The standard InChI is InChI=1S/C23H29N3O6S/c1-15(2)12-20(26-33(29,30)19-9-6-16(3)7-10-19)23(28)25-24-14-18-8-11-21(32-17(4)27)22(13-18)31-5/h6-11,13-15,20,26H,12H2,1-5H3,(H,25,28)/b24-14-/t20-/m0/s1. The van der Waals surface area contributed by atoms with Crippen LogP contribution in [0, 0.1) is 12.8 Å². The summed E-state index contributed by atoms with van der Waals surface area (Å²) in [5, 5.41) is 3.93. The molecular weight excluding hydrogens is 446 g/mol. The molecule has 9 nitrogen and oxygen atoms in total. The number of aryl methyl sites for hydroxylation is 1. The van der Waals surface area contributed by atoms with E-state index in [0.29, 0.717) is 11.3 Å². The molecule has 0 aliphatic heterocycles. The molecule has 0 radical (unpaired) electrons. The van der Waals surface area contributed by atoms with Crippen LogP contribution in [0.3, 0.4) is 0 Å². The molecule has 178 valence electrons. The van der Waals surface area contributed by atoms with Crippen LogP contribution in [0.15, 0.2) is 52.5 Å². The van der Waals surface area contributed by atoms with E-state index in [-0.39, 0.29) is 23.0 Å². The zero-order valence-corrected chi connectivity index (χ0v) is 20.1. The van der Waals surface area contributed by atoms with Gasteiger partial charge in [0.1, 0.15) is 6.04 Å². The smallest absolute Gasteiger partial charge is 0.308 e. The lowest BCUT2D eigenvalue weighted by molar-refractivity contribution is -0.132. The normalized spacial score (nSPS) is 12.5. The number of methoxy groups -OCH3 is 1. The summed E-state index contributed by atoms with van der Waals surface area (Å²) in [6.07, 6.45) is 1.66. The summed E-state index contributed by atoms with van der Waals surface area (Å²) in [4.78, 5) is 23.9. The number of benzene rings is 2. The summed E-state index contributed by atoms with van der Waals surface area (Å²) in [5.74, 6) is -0.424. The van der Waals surface area contributed by atoms with E-state index in [4.69, 9.17) is 9.47 Å². The fourth-order valence-corrected chi connectivity index (χ4v) is 4.11. The fraction of sp³-hybridized carbons (Fsp3) is 0.348. The van der Waals surface area contributed by atoms with Gasteiger partial charge in [-0.05, 0) is 55.2 Å². The third-order valence-corrected chi connectivity index (χ3v) is 5.97. The Morgan fingerprint density at radius 2 is 1.76 bits per heavy atom. The Morgan fingerprint density at radius 1 is 1.09 bits per heavy atom. The Labute approximate surface area is 194 Å². The van der Waals surface area contributed by atoms with Crippen molar-refractivity contribution >= 4 is 28.1 Å². The van der Waals surface area contributed by atoms with Crippen molar-refractivity contribution in [2.75, 3.05) is 7.11 Å². The molecular formula is C23H29N3O6S. The van der Waals surface area contributed by atoms with Gasteiger partial charge >= 0.3 is 5.97 Å². The Bertz CT molecular complexity index is 1110. The minimum absolute atomic E-state index is 0.0588. The number of carbonyl (C=O) groups is 2. The molecule has 0 aliphatic rings. The van der Waals surface area contributed by atoms with Crippen molar-refractivity contribution < 1.29 is 27.5 Å². The number of hydrazone groups is 1. The van der Waals surface area contributed by atoms with Crippen LogP contribution in [-0.4, -0.2) is 39.7 Å². The highest BCUT2D eigenvalue weighted by atomic mass is 32.2. The molecule has 1 atom stereocenters. The van der Waals surface area contributed by atoms with Gasteiger partial charge in [0.25, 0.3) is 5.91 Å². The van der Waals surface area contributed by atoms with E-state index in [2.05, 4.69) is 15.2 Å². The minimum Gasteiger partial charge on any atom is -0.493 e. The summed E-state index contributed by atoms with van der Waals surface area (Å²) < 4.78 is 38.2. The third kappa shape index (κ3) is 7.99. The second-order valence-corrected chi connectivity index (χ2v) is 9.57. The molecule has 0 spiro atoms. The molecule has 10 heteroatoms. The molecule has 2 N–H and O–H groups in total. The molecule has 0 aromatic heterocycles. The van der Waals surface area contributed by atoms with Crippen LogP contribution >= 0.6 is 0 Å². The van der Waals surface area contributed by atoms with E-state index in [9.17, 15) is 18.0 Å². The lowest BCUT2D eigenvalue weighted by atomic mass is 10.0. The molecule has 2 aromatic carbocycles. The summed E-state index contributed by atoms with van der Waals surface area (Å²) in [6.45, 7) is 6.92. The zero-order chi connectivity index (χ0) is 24.6. The van der Waals surface area contributed by atoms with E-state index in [1.54, 1.807) is 30.3 Å². The highest BCUT2D eigenvalue weighted by Crippen LogP contribution is 2.27. The quantitative estimate of drug-likeness (QED) is 0.236. The highest BCUT2D eigenvalue weighted by Gasteiger charge is 2.26. The lowest BCUT2D eigenvalue weighted by Crippen LogP contribution is -2.46. The van der Waals surface area contributed by atoms with Crippen molar-refractivity contribution in [1.29, 1.82) is 0 Å². The Hall–Kier alpha value is -3.24.